The van der Waals surface area contributed by atoms with Crippen molar-refractivity contribution in [3.8, 4) is 0 Å². The van der Waals surface area contributed by atoms with Crippen molar-refractivity contribution in [2.75, 3.05) is 40.1 Å². The summed E-state index contributed by atoms with van der Waals surface area (Å²) in [4.78, 5) is 54.4. The van der Waals surface area contributed by atoms with E-state index in [1.807, 2.05) is 4.90 Å². The Balaban J connectivity index is 1.52. The van der Waals surface area contributed by atoms with Crippen molar-refractivity contribution in [3.05, 3.63) is 78.3 Å². The molecule has 182 valence electrons. The Morgan fingerprint density at radius 1 is 1.11 bits per heavy atom. The number of benzene rings is 1. The number of nitrogens with zero attached hydrogens (tertiary/aromatic N) is 2. The molecule has 12 heteroatoms. The number of halogens is 2. The largest absolute Gasteiger partial charge is 0.481 e. The monoisotopic (exact) mass is 534 g/mol. The van der Waals surface area contributed by atoms with Crippen molar-refractivity contribution < 1.29 is 14.7 Å². The number of pyridine rings is 1. The molecule has 1 aromatic heterocycles. The van der Waals surface area contributed by atoms with Crippen LogP contribution in [-0.4, -0.2) is 46.6 Å². The third-order valence-electron chi connectivity index (χ3n) is 5.50. The Morgan fingerprint density at radius 2 is 1.80 bits per heavy atom. The highest BCUT2D eigenvalue weighted by Gasteiger charge is 2.29. The molecule has 0 aliphatic carbocycles. The number of amides is 1. The number of carbonyl (C=O) groups is 2. The van der Waals surface area contributed by atoms with Crippen LogP contribution in [0.15, 0.2) is 46.1 Å². The average Bonchev–Trinajstić information content (AvgIpc) is 2.83. The molecular weight excluding hydrogens is 515 g/mol. The van der Waals surface area contributed by atoms with E-state index < -0.39 is 28.8 Å². The summed E-state index contributed by atoms with van der Waals surface area (Å²) in [6.45, 7) is 1.30. The molecule has 1 amide bonds. The lowest BCUT2D eigenvalue weighted by atomic mass is 10.0. The van der Waals surface area contributed by atoms with Crippen LogP contribution in [0.25, 0.3) is 0 Å². The van der Waals surface area contributed by atoms with Crippen LogP contribution in [0.2, 0.25) is 10.0 Å². The molecular formula is C23H20Cl2N4O5S. The second kappa shape index (κ2) is 10.7. The smallest absolute Gasteiger partial charge is 0.305 e. The second-order valence-electron chi connectivity index (χ2n) is 7.84. The molecule has 2 heterocycles. The fourth-order valence-electron chi connectivity index (χ4n) is 3.77. The first-order chi connectivity index (χ1) is 16.7. The van der Waals surface area contributed by atoms with Crippen molar-refractivity contribution in [1.82, 2.24) is 4.98 Å². The maximum absolute atomic E-state index is 12.5. The number of nitrogens with one attached hydrogen (secondary N) is 2. The van der Waals surface area contributed by atoms with Gasteiger partial charge in [0.05, 0.1) is 22.5 Å². The fourth-order valence-corrected chi connectivity index (χ4v) is 5.14. The maximum atomic E-state index is 12.5. The van der Waals surface area contributed by atoms with Crippen LogP contribution in [0, 0.1) is 0 Å². The number of carboxylic acids is 1. The molecule has 1 aliphatic heterocycles. The van der Waals surface area contributed by atoms with Crippen LogP contribution < -0.4 is 26.4 Å². The minimum atomic E-state index is -1.07. The molecule has 3 N–H and O–H groups in total. The van der Waals surface area contributed by atoms with Gasteiger partial charge in [0.25, 0.3) is 16.8 Å². The van der Waals surface area contributed by atoms with E-state index in [2.05, 4.69) is 15.6 Å². The number of anilines is 3. The molecule has 1 saturated heterocycles. The van der Waals surface area contributed by atoms with Crippen LogP contribution in [0.5, 0.6) is 0 Å². The van der Waals surface area contributed by atoms with E-state index in [-0.39, 0.29) is 22.8 Å². The molecule has 0 bridgehead atoms. The number of hydrogen-bond donors (Lipinski definition) is 3. The zero-order chi connectivity index (χ0) is 25.1. The lowest BCUT2D eigenvalue weighted by Crippen LogP contribution is -2.46. The first kappa shape index (κ1) is 25.0. The quantitative estimate of drug-likeness (QED) is 0.372. The molecule has 1 fully saturated rings. The predicted molar refractivity (Wildman–Crippen MR) is 138 cm³/mol. The molecule has 1 aliphatic rings. The van der Waals surface area contributed by atoms with Crippen molar-refractivity contribution >= 4 is 63.9 Å². The van der Waals surface area contributed by atoms with E-state index in [1.54, 1.807) is 36.0 Å². The SMILES string of the molecule is O=C(O)C[C@H](Nc1c(N2CCSCC2)c(=O)c1=O)c1ccc(NC(=O)c2ncc(Cl)cc2Cl)cc1. The number of aromatic nitrogens is 1. The summed E-state index contributed by atoms with van der Waals surface area (Å²) in [6, 6.07) is 7.11. The predicted octanol–water partition coefficient (Wildman–Crippen LogP) is 3.42. The van der Waals surface area contributed by atoms with E-state index in [0.717, 1.165) is 11.5 Å². The average molecular weight is 535 g/mol. The Labute approximate surface area is 214 Å². The summed E-state index contributed by atoms with van der Waals surface area (Å²) in [5.41, 5.74) is 0.276. The first-order valence-corrected chi connectivity index (χ1v) is 12.5. The van der Waals surface area contributed by atoms with Crippen LogP contribution in [0.3, 0.4) is 0 Å². The van der Waals surface area contributed by atoms with Gasteiger partial charge in [-0.15, -0.1) is 0 Å². The van der Waals surface area contributed by atoms with Gasteiger partial charge >= 0.3 is 5.97 Å². The summed E-state index contributed by atoms with van der Waals surface area (Å²) >= 11 is 13.6. The van der Waals surface area contributed by atoms with Crippen LogP contribution in [-0.2, 0) is 4.79 Å². The normalized spacial score (nSPS) is 14.5. The lowest BCUT2D eigenvalue weighted by Gasteiger charge is -2.31. The molecule has 3 aromatic rings. The Morgan fingerprint density at radius 3 is 2.43 bits per heavy atom. The zero-order valence-corrected chi connectivity index (χ0v) is 20.5. The minimum Gasteiger partial charge on any atom is -0.481 e. The summed E-state index contributed by atoms with van der Waals surface area (Å²) in [6.07, 6.45) is 0.996. The van der Waals surface area contributed by atoms with E-state index in [0.29, 0.717) is 35.1 Å². The van der Waals surface area contributed by atoms with E-state index in [4.69, 9.17) is 23.2 Å². The fraction of sp³-hybridized carbons (Fsp3) is 0.261. The molecule has 1 atom stereocenters. The lowest BCUT2D eigenvalue weighted by molar-refractivity contribution is -0.137. The molecule has 9 nitrogen and oxygen atoms in total. The Kier molecular flexibility index (Phi) is 7.63. The zero-order valence-electron chi connectivity index (χ0n) is 18.2. The van der Waals surface area contributed by atoms with Crippen molar-refractivity contribution in [2.45, 2.75) is 12.5 Å². The maximum Gasteiger partial charge on any atom is 0.305 e. The third kappa shape index (κ3) is 5.61. The molecule has 0 spiro atoms. The van der Waals surface area contributed by atoms with E-state index in [9.17, 15) is 24.3 Å². The highest BCUT2D eigenvalue weighted by atomic mass is 35.5. The molecule has 4 rings (SSSR count). The summed E-state index contributed by atoms with van der Waals surface area (Å²) in [5, 5.41) is 15.5. The standard InChI is InChI=1S/C23H20Cl2N4O5S/c24-13-9-15(25)18(26-11-13)23(34)27-14-3-1-12(2-4-14)16(10-17(30)31)28-19-20(22(33)21(19)32)29-5-7-35-8-6-29/h1-4,9,11,16,28H,5-8,10H2,(H,27,34)(H,30,31)/t16-/m0/s1. The third-order valence-corrected chi connectivity index (χ3v) is 6.94. The van der Waals surface area contributed by atoms with E-state index in [1.165, 1.54) is 12.3 Å². The first-order valence-electron chi connectivity index (χ1n) is 10.6. The Hall–Kier alpha value is -3.08. The van der Waals surface area contributed by atoms with Gasteiger partial charge in [0.2, 0.25) is 0 Å². The molecule has 0 saturated carbocycles. The molecule has 35 heavy (non-hydrogen) atoms. The minimum absolute atomic E-state index is 0.00862. The van der Waals surface area contributed by atoms with Crippen molar-refractivity contribution in [2.24, 2.45) is 0 Å². The van der Waals surface area contributed by atoms with Crippen LogP contribution in [0.4, 0.5) is 17.1 Å². The number of carboxylic acid groups (broad SMARTS) is 1. The van der Waals surface area contributed by atoms with Crippen LogP contribution in [0.1, 0.15) is 28.5 Å². The highest BCUT2D eigenvalue weighted by molar-refractivity contribution is 7.99. The molecule has 0 radical (unpaired) electrons. The topological polar surface area (TPSA) is 129 Å². The summed E-state index contributed by atoms with van der Waals surface area (Å²) in [5.74, 6) is 0.0900. The highest BCUT2D eigenvalue weighted by Crippen LogP contribution is 2.29. The van der Waals surface area contributed by atoms with Crippen molar-refractivity contribution in [1.29, 1.82) is 0 Å². The van der Waals surface area contributed by atoms with Gasteiger partial charge in [-0.05, 0) is 23.8 Å². The van der Waals surface area contributed by atoms with Gasteiger partial charge in [0.1, 0.15) is 17.1 Å². The number of aliphatic carboxylic acids is 1. The van der Waals surface area contributed by atoms with Gasteiger partial charge in [-0.1, -0.05) is 35.3 Å². The van der Waals surface area contributed by atoms with Crippen LogP contribution >= 0.6 is 35.0 Å². The number of carbonyl (C=O) groups excluding carboxylic acids is 1. The van der Waals surface area contributed by atoms with Gasteiger partial charge in [0.15, 0.2) is 0 Å². The molecule has 0 unspecified atom stereocenters. The number of hydrogen-bond acceptors (Lipinski definition) is 8. The van der Waals surface area contributed by atoms with Gasteiger partial charge in [0, 0.05) is 36.5 Å². The van der Waals surface area contributed by atoms with Gasteiger partial charge in [-0.25, -0.2) is 4.98 Å². The van der Waals surface area contributed by atoms with E-state index >= 15 is 0 Å². The Bertz CT molecular complexity index is 1340. The summed E-state index contributed by atoms with van der Waals surface area (Å²) < 4.78 is 0. The number of rotatable bonds is 8. The van der Waals surface area contributed by atoms with Gasteiger partial charge < -0.3 is 20.6 Å². The second-order valence-corrected chi connectivity index (χ2v) is 9.90. The number of thioether (sulfide) groups is 1. The van der Waals surface area contributed by atoms with Gasteiger partial charge in [-0.2, -0.15) is 11.8 Å². The van der Waals surface area contributed by atoms with Crippen molar-refractivity contribution in [3.63, 3.8) is 0 Å². The van der Waals surface area contributed by atoms with Gasteiger partial charge in [-0.3, -0.25) is 19.2 Å². The summed E-state index contributed by atoms with van der Waals surface area (Å²) in [7, 11) is 0. The molecule has 2 aromatic carbocycles.